The van der Waals surface area contributed by atoms with Gasteiger partial charge in [-0.05, 0) is 11.1 Å². The molecule has 0 heterocycles. The first-order valence-electron chi connectivity index (χ1n) is 4.40. The highest BCUT2D eigenvalue weighted by atomic mass is 35.6. The molecule has 0 nitrogen and oxygen atoms in total. The molecule has 0 aliphatic heterocycles. The Morgan fingerprint density at radius 3 is 2.57 bits per heavy atom. The second-order valence-electron chi connectivity index (χ2n) is 3.41. The zero-order valence-corrected chi connectivity index (χ0v) is 9.65. The average molecular weight is 248 g/mol. The predicted molar refractivity (Wildman–Crippen MR) is 63.1 cm³/mol. The normalized spacial score (nSPS) is 19.8. The maximum absolute atomic E-state index is 5.78. The summed E-state index contributed by atoms with van der Waals surface area (Å²) in [6.45, 7) is 0. The second kappa shape index (κ2) is 3.77. The lowest BCUT2D eigenvalue weighted by atomic mass is 9.98. The van der Waals surface area contributed by atoms with E-state index in [0.717, 1.165) is 0 Å². The molecule has 1 unspecified atom stereocenters. The molecular formula is C11H9Cl3. The number of fused-ring (bicyclic) bond motifs is 1. The van der Waals surface area contributed by atoms with Gasteiger partial charge < -0.3 is 0 Å². The van der Waals surface area contributed by atoms with Crippen LogP contribution in [0.25, 0.3) is 6.08 Å². The van der Waals surface area contributed by atoms with Crippen LogP contribution in [0.2, 0.25) is 0 Å². The van der Waals surface area contributed by atoms with Crippen LogP contribution >= 0.6 is 34.8 Å². The Morgan fingerprint density at radius 1 is 1.14 bits per heavy atom. The lowest BCUT2D eigenvalue weighted by molar-refractivity contribution is 0.766. The van der Waals surface area contributed by atoms with Crippen molar-refractivity contribution in [3.8, 4) is 0 Å². The van der Waals surface area contributed by atoms with E-state index in [1.54, 1.807) is 0 Å². The van der Waals surface area contributed by atoms with Crippen molar-refractivity contribution >= 4 is 40.9 Å². The van der Waals surface area contributed by atoms with Gasteiger partial charge in [-0.15, -0.1) is 0 Å². The summed E-state index contributed by atoms with van der Waals surface area (Å²) >= 11 is 17.3. The number of hydrogen-bond donors (Lipinski definition) is 0. The topological polar surface area (TPSA) is 0 Å². The minimum atomic E-state index is -1.17. The zero-order valence-electron chi connectivity index (χ0n) is 7.38. The molecule has 0 N–H and O–H groups in total. The summed E-state index contributed by atoms with van der Waals surface area (Å²) in [6.07, 6.45) is 4.70. The van der Waals surface area contributed by atoms with E-state index in [1.165, 1.54) is 11.1 Å². The van der Waals surface area contributed by atoms with E-state index in [9.17, 15) is 0 Å². The standard InChI is InChI=1S/C11H9Cl3/c12-11(13,14)7-9-6-5-8-3-1-2-4-10(8)9/h1-6,9H,7H2. The Morgan fingerprint density at radius 2 is 1.86 bits per heavy atom. The van der Waals surface area contributed by atoms with Gasteiger partial charge in [0.05, 0.1) is 0 Å². The lowest BCUT2D eigenvalue weighted by Crippen LogP contribution is -2.07. The molecule has 0 bridgehead atoms. The molecule has 0 saturated carbocycles. The monoisotopic (exact) mass is 246 g/mol. The summed E-state index contributed by atoms with van der Waals surface area (Å²) in [7, 11) is 0. The van der Waals surface area contributed by atoms with Crippen molar-refractivity contribution < 1.29 is 0 Å². The third kappa shape index (κ3) is 2.25. The van der Waals surface area contributed by atoms with Gasteiger partial charge in [-0.3, -0.25) is 0 Å². The fraction of sp³-hybridized carbons (Fsp3) is 0.273. The van der Waals surface area contributed by atoms with E-state index >= 15 is 0 Å². The maximum Gasteiger partial charge on any atom is 0.191 e. The molecule has 0 radical (unpaired) electrons. The summed E-state index contributed by atoms with van der Waals surface area (Å²) in [4.78, 5) is 0. The van der Waals surface area contributed by atoms with Crippen LogP contribution in [0.4, 0.5) is 0 Å². The average Bonchev–Trinajstić information content (AvgIpc) is 2.47. The number of hydrogen-bond acceptors (Lipinski definition) is 0. The van der Waals surface area contributed by atoms with Crippen LogP contribution in [0.3, 0.4) is 0 Å². The molecule has 14 heavy (non-hydrogen) atoms. The van der Waals surface area contributed by atoms with Gasteiger partial charge in [-0.25, -0.2) is 0 Å². The Hall–Kier alpha value is -0.170. The fourth-order valence-corrected chi connectivity index (χ4v) is 2.25. The number of benzene rings is 1. The molecular weight excluding hydrogens is 238 g/mol. The van der Waals surface area contributed by atoms with Crippen molar-refractivity contribution in [3.05, 3.63) is 41.5 Å². The zero-order chi connectivity index (χ0) is 10.2. The molecule has 0 amide bonds. The summed E-state index contributed by atoms with van der Waals surface area (Å²) in [5.74, 6) is 0.235. The molecule has 1 aliphatic carbocycles. The quantitative estimate of drug-likeness (QED) is 0.638. The van der Waals surface area contributed by atoms with Crippen LogP contribution in [0, 0.1) is 0 Å². The van der Waals surface area contributed by atoms with Gasteiger partial charge in [0.1, 0.15) is 0 Å². The van der Waals surface area contributed by atoms with Crippen molar-refractivity contribution in [1.82, 2.24) is 0 Å². The highest BCUT2D eigenvalue weighted by Gasteiger charge is 2.27. The summed E-state index contributed by atoms with van der Waals surface area (Å²) in [5.41, 5.74) is 2.48. The smallest absolute Gasteiger partial charge is 0.0837 e. The third-order valence-electron chi connectivity index (χ3n) is 2.35. The van der Waals surface area contributed by atoms with E-state index in [-0.39, 0.29) is 5.92 Å². The molecule has 0 saturated heterocycles. The molecule has 0 spiro atoms. The van der Waals surface area contributed by atoms with Crippen molar-refractivity contribution in [2.24, 2.45) is 0 Å². The Labute approximate surface area is 98.5 Å². The van der Waals surface area contributed by atoms with E-state index in [2.05, 4.69) is 24.3 Å². The van der Waals surface area contributed by atoms with Crippen LogP contribution in [-0.2, 0) is 0 Å². The van der Waals surface area contributed by atoms with Crippen molar-refractivity contribution in [2.45, 2.75) is 16.1 Å². The van der Waals surface area contributed by atoms with Crippen LogP contribution in [0.5, 0.6) is 0 Å². The highest BCUT2D eigenvalue weighted by Crippen LogP contribution is 2.41. The van der Waals surface area contributed by atoms with Gasteiger partial charge >= 0.3 is 0 Å². The first-order chi connectivity index (χ1) is 6.56. The minimum Gasteiger partial charge on any atom is -0.0837 e. The molecule has 1 atom stereocenters. The molecule has 2 rings (SSSR count). The fourth-order valence-electron chi connectivity index (χ4n) is 1.75. The van der Waals surface area contributed by atoms with E-state index < -0.39 is 3.79 Å². The van der Waals surface area contributed by atoms with Gasteiger partial charge in [0.2, 0.25) is 0 Å². The first kappa shape index (κ1) is 10.4. The van der Waals surface area contributed by atoms with Crippen molar-refractivity contribution in [1.29, 1.82) is 0 Å². The third-order valence-corrected chi connectivity index (χ3v) is 2.82. The van der Waals surface area contributed by atoms with E-state index in [1.807, 2.05) is 12.1 Å². The summed E-state index contributed by atoms with van der Waals surface area (Å²) in [5, 5.41) is 0. The van der Waals surface area contributed by atoms with Gasteiger partial charge in [-0.2, -0.15) is 0 Å². The first-order valence-corrected chi connectivity index (χ1v) is 5.53. The largest absolute Gasteiger partial charge is 0.191 e. The molecule has 3 heteroatoms. The van der Waals surface area contributed by atoms with E-state index in [4.69, 9.17) is 34.8 Å². The van der Waals surface area contributed by atoms with E-state index in [0.29, 0.717) is 6.42 Å². The van der Waals surface area contributed by atoms with Crippen LogP contribution in [-0.4, -0.2) is 3.79 Å². The van der Waals surface area contributed by atoms with Crippen LogP contribution in [0.1, 0.15) is 23.5 Å². The number of alkyl halides is 3. The Bertz CT molecular complexity index is 363. The number of rotatable bonds is 1. The minimum absolute atomic E-state index is 0.235. The lowest BCUT2D eigenvalue weighted by Gasteiger charge is -2.16. The van der Waals surface area contributed by atoms with Gasteiger partial charge in [0.25, 0.3) is 0 Å². The molecule has 1 aromatic rings. The molecule has 74 valence electrons. The summed E-state index contributed by atoms with van der Waals surface area (Å²) in [6, 6.07) is 8.18. The van der Waals surface area contributed by atoms with Crippen LogP contribution in [0.15, 0.2) is 30.3 Å². The molecule has 0 fully saturated rings. The molecule has 0 aromatic heterocycles. The van der Waals surface area contributed by atoms with Crippen molar-refractivity contribution in [2.75, 3.05) is 0 Å². The van der Waals surface area contributed by atoms with Gasteiger partial charge in [0, 0.05) is 12.3 Å². The molecule has 1 aliphatic rings. The SMILES string of the molecule is ClC(Cl)(Cl)CC1C=Cc2ccccc21. The number of halogens is 3. The highest BCUT2D eigenvalue weighted by molar-refractivity contribution is 6.67. The summed E-state index contributed by atoms with van der Waals surface area (Å²) < 4.78 is -1.17. The Kier molecular flexibility index (Phi) is 2.79. The van der Waals surface area contributed by atoms with Gasteiger partial charge in [0.15, 0.2) is 3.79 Å². The Balaban J connectivity index is 2.23. The maximum atomic E-state index is 5.78. The molecule has 1 aromatic carbocycles. The van der Waals surface area contributed by atoms with Gasteiger partial charge in [-0.1, -0.05) is 71.2 Å². The van der Waals surface area contributed by atoms with Crippen molar-refractivity contribution in [3.63, 3.8) is 0 Å². The second-order valence-corrected chi connectivity index (χ2v) is 5.93. The van der Waals surface area contributed by atoms with Crippen LogP contribution < -0.4 is 0 Å². The predicted octanol–water partition coefficient (Wildman–Crippen LogP) is 4.56. The number of allylic oxidation sites excluding steroid dienone is 1.